The van der Waals surface area contributed by atoms with E-state index in [-0.39, 0.29) is 5.91 Å². The van der Waals surface area contributed by atoms with Crippen LogP contribution in [-0.2, 0) is 4.79 Å². The third-order valence-electron chi connectivity index (χ3n) is 1.25. The van der Waals surface area contributed by atoms with Gasteiger partial charge in [-0.25, -0.2) is 0 Å². The van der Waals surface area contributed by atoms with Crippen LogP contribution in [0.4, 0.5) is 0 Å². The molecule has 1 amide bonds. The van der Waals surface area contributed by atoms with Gasteiger partial charge in [-0.3, -0.25) is 4.79 Å². The third kappa shape index (κ3) is 1.50. The van der Waals surface area contributed by atoms with Crippen LogP contribution in [0.3, 0.4) is 0 Å². The Morgan fingerprint density at radius 1 is 1.50 bits per heavy atom. The highest BCUT2D eigenvalue weighted by molar-refractivity contribution is 5.75. The molecule has 3 nitrogen and oxygen atoms in total. The lowest BCUT2D eigenvalue weighted by molar-refractivity contribution is -0.650. The molecule has 3 N–H and O–H groups in total. The van der Waals surface area contributed by atoms with E-state index in [4.69, 9.17) is 0 Å². The van der Waals surface area contributed by atoms with Gasteiger partial charge in [-0.05, 0) is 0 Å². The van der Waals surface area contributed by atoms with E-state index < -0.39 is 0 Å². The summed E-state index contributed by atoms with van der Waals surface area (Å²) in [6.07, 6.45) is 0.681. The zero-order valence-corrected chi connectivity index (χ0v) is 4.81. The smallest absolute Gasteiger partial charge is 0.225 e. The number of carbonyl (C=O) groups excluding carboxylic acids is 1. The van der Waals surface area contributed by atoms with Gasteiger partial charge in [0.05, 0.1) is 26.1 Å². The second-order valence-corrected chi connectivity index (χ2v) is 1.97. The fourth-order valence-corrected chi connectivity index (χ4v) is 0.780. The molecule has 0 aliphatic carbocycles. The SMILES string of the molecule is O=C1CC[NH2+]CCN1. The van der Waals surface area contributed by atoms with Crippen molar-refractivity contribution in [2.24, 2.45) is 0 Å². The highest BCUT2D eigenvalue weighted by Gasteiger charge is 2.05. The molecule has 0 aromatic heterocycles. The lowest BCUT2D eigenvalue weighted by Gasteiger charge is -1.91. The molecular weight excluding hydrogens is 104 g/mol. The molecule has 0 radical (unpaired) electrons. The summed E-state index contributed by atoms with van der Waals surface area (Å²) in [6, 6.07) is 0. The van der Waals surface area contributed by atoms with E-state index in [1.807, 2.05) is 0 Å². The summed E-state index contributed by atoms with van der Waals surface area (Å²) in [5, 5.41) is 4.92. The number of carbonyl (C=O) groups is 1. The average Bonchev–Trinajstić information content (AvgIpc) is 1.94. The minimum Gasteiger partial charge on any atom is -0.350 e. The molecular formula is C5H11N2O+. The molecule has 0 bridgehead atoms. The van der Waals surface area contributed by atoms with Gasteiger partial charge < -0.3 is 10.6 Å². The van der Waals surface area contributed by atoms with E-state index in [0.717, 1.165) is 19.6 Å². The van der Waals surface area contributed by atoms with Gasteiger partial charge in [0.1, 0.15) is 0 Å². The van der Waals surface area contributed by atoms with Crippen LogP contribution in [0.2, 0.25) is 0 Å². The van der Waals surface area contributed by atoms with Crippen LogP contribution in [0.15, 0.2) is 0 Å². The van der Waals surface area contributed by atoms with Gasteiger partial charge in [-0.15, -0.1) is 0 Å². The van der Waals surface area contributed by atoms with Crippen molar-refractivity contribution in [3.8, 4) is 0 Å². The average molecular weight is 115 g/mol. The normalized spacial score (nSPS) is 21.8. The molecule has 1 saturated heterocycles. The Morgan fingerprint density at radius 3 is 3.25 bits per heavy atom. The second-order valence-electron chi connectivity index (χ2n) is 1.97. The van der Waals surface area contributed by atoms with E-state index in [1.165, 1.54) is 0 Å². The summed E-state index contributed by atoms with van der Waals surface area (Å²) in [5.41, 5.74) is 0. The van der Waals surface area contributed by atoms with Crippen molar-refractivity contribution in [2.45, 2.75) is 6.42 Å². The fourth-order valence-electron chi connectivity index (χ4n) is 0.780. The summed E-state index contributed by atoms with van der Waals surface area (Å²) in [5.74, 6) is 0.193. The van der Waals surface area contributed by atoms with Gasteiger partial charge in [0.15, 0.2) is 0 Å². The first-order valence-electron chi connectivity index (χ1n) is 2.98. The molecule has 8 heavy (non-hydrogen) atoms. The van der Waals surface area contributed by atoms with Crippen molar-refractivity contribution in [3.63, 3.8) is 0 Å². The zero-order chi connectivity index (χ0) is 5.82. The van der Waals surface area contributed by atoms with Gasteiger partial charge in [-0.2, -0.15) is 0 Å². The predicted molar refractivity (Wildman–Crippen MR) is 29.3 cm³/mol. The van der Waals surface area contributed by atoms with Crippen LogP contribution in [0, 0.1) is 0 Å². The van der Waals surface area contributed by atoms with E-state index in [1.54, 1.807) is 0 Å². The van der Waals surface area contributed by atoms with Gasteiger partial charge in [-0.1, -0.05) is 0 Å². The fraction of sp³-hybridized carbons (Fsp3) is 0.800. The highest BCUT2D eigenvalue weighted by atomic mass is 16.1. The molecule has 1 aliphatic rings. The van der Waals surface area contributed by atoms with Crippen molar-refractivity contribution in [2.75, 3.05) is 19.6 Å². The summed E-state index contributed by atoms with van der Waals surface area (Å²) in [6.45, 7) is 2.82. The first kappa shape index (κ1) is 5.56. The van der Waals surface area contributed by atoms with E-state index in [9.17, 15) is 4.79 Å². The van der Waals surface area contributed by atoms with Crippen molar-refractivity contribution in [3.05, 3.63) is 0 Å². The Balaban J connectivity index is 2.27. The standard InChI is InChI=1S/C5H10N2O/c8-5-1-2-6-3-4-7-5/h6H,1-4H2,(H,7,8)/p+1. The molecule has 0 unspecified atom stereocenters. The van der Waals surface area contributed by atoms with E-state index in [2.05, 4.69) is 10.6 Å². The lowest BCUT2D eigenvalue weighted by atomic mass is 10.4. The quantitative estimate of drug-likeness (QED) is 0.379. The van der Waals surface area contributed by atoms with Crippen LogP contribution >= 0.6 is 0 Å². The first-order valence-corrected chi connectivity index (χ1v) is 2.98. The molecule has 0 aromatic carbocycles. The van der Waals surface area contributed by atoms with Crippen LogP contribution in [0.1, 0.15) is 6.42 Å². The third-order valence-corrected chi connectivity index (χ3v) is 1.25. The molecule has 0 aromatic rings. The maximum absolute atomic E-state index is 10.6. The second kappa shape index (κ2) is 2.67. The number of nitrogens with two attached hydrogens (primary N) is 1. The monoisotopic (exact) mass is 115 g/mol. The maximum atomic E-state index is 10.6. The number of quaternary nitrogens is 1. The minimum absolute atomic E-state index is 0.193. The van der Waals surface area contributed by atoms with Crippen LogP contribution in [0.25, 0.3) is 0 Å². The largest absolute Gasteiger partial charge is 0.350 e. The number of hydrogen-bond donors (Lipinski definition) is 2. The number of rotatable bonds is 0. The number of amides is 1. The molecule has 3 heteroatoms. The predicted octanol–water partition coefficient (Wildman–Crippen LogP) is -1.93. The summed E-state index contributed by atoms with van der Waals surface area (Å²) in [4.78, 5) is 10.6. The molecule has 1 aliphatic heterocycles. The Labute approximate surface area is 48.5 Å². The van der Waals surface area contributed by atoms with Crippen LogP contribution < -0.4 is 10.6 Å². The van der Waals surface area contributed by atoms with Gasteiger partial charge in [0.2, 0.25) is 5.91 Å². The molecule has 0 atom stereocenters. The Bertz CT molecular complexity index is 82.4. The zero-order valence-electron chi connectivity index (χ0n) is 4.81. The molecule has 1 rings (SSSR count). The Morgan fingerprint density at radius 2 is 2.38 bits per heavy atom. The molecule has 46 valence electrons. The van der Waals surface area contributed by atoms with E-state index in [0.29, 0.717) is 6.42 Å². The van der Waals surface area contributed by atoms with E-state index >= 15 is 0 Å². The van der Waals surface area contributed by atoms with Crippen molar-refractivity contribution in [1.29, 1.82) is 0 Å². The number of hydrogen-bond acceptors (Lipinski definition) is 1. The minimum atomic E-state index is 0.193. The highest BCUT2D eigenvalue weighted by Crippen LogP contribution is 1.73. The molecule has 0 saturated carbocycles. The van der Waals surface area contributed by atoms with Crippen molar-refractivity contribution < 1.29 is 10.1 Å². The van der Waals surface area contributed by atoms with Crippen LogP contribution in [0.5, 0.6) is 0 Å². The molecule has 1 fully saturated rings. The lowest BCUT2D eigenvalue weighted by Crippen LogP contribution is -2.84. The Hall–Kier alpha value is -0.570. The van der Waals surface area contributed by atoms with Gasteiger partial charge in [0, 0.05) is 0 Å². The maximum Gasteiger partial charge on any atom is 0.225 e. The Kier molecular flexibility index (Phi) is 1.86. The summed E-state index contributed by atoms with van der Waals surface area (Å²) < 4.78 is 0. The summed E-state index contributed by atoms with van der Waals surface area (Å²) >= 11 is 0. The number of nitrogens with one attached hydrogen (secondary N) is 1. The van der Waals surface area contributed by atoms with Crippen LogP contribution in [-0.4, -0.2) is 25.5 Å². The topological polar surface area (TPSA) is 45.7 Å². The summed E-state index contributed by atoms with van der Waals surface area (Å²) in [7, 11) is 0. The van der Waals surface area contributed by atoms with Gasteiger partial charge in [0.25, 0.3) is 0 Å². The molecule has 0 spiro atoms. The first-order chi connectivity index (χ1) is 3.89. The van der Waals surface area contributed by atoms with Gasteiger partial charge >= 0.3 is 0 Å². The van der Waals surface area contributed by atoms with Crippen molar-refractivity contribution in [1.82, 2.24) is 5.32 Å². The van der Waals surface area contributed by atoms with Crippen molar-refractivity contribution >= 4 is 5.91 Å². The molecule has 1 heterocycles.